The van der Waals surface area contributed by atoms with Crippen molar-refractivity contribution in [3.63, 3.8) is 0 Å². The number of nitrogens with zero attached hydrogens (tertiary/aromatic N) is 1. The Hall–Kier alpha value is -0.550. The third-order valence-electron chi connectivity index (χ3n) is 3.69. The molecule has 0 aromatic rings. The molecule has 0 aromatic carbocycles. The molecule has 0 bridgehead atoms. The molecule has 1 unspecified atom stereocenters. The summed E-state index contributed by atoms with van der Waals surface area (Å²) >= 11 is 0. The molecule has 0 radical (unpaired) electrons. The van der Waals surface area contributed by atoms with E-state index in [0.717, 1.165) is 38.5 Å². The minimum atomic E-state index is -0.795. The molecule has 0 aromatic heterocycles. The maximum Gasteiger partial charge on any atom is 0.0857 e. The lowest BCUT2D eigenvalue weighted by molar-refractivity contribution is -0.0639. The Morgan fingerprint density at radius 1 is 1.36 bits per heavy atom. The van der Waals surface area contributed by atoms with Gasteiger partial charge in [-0.3, -0.25) is 0 Å². The van der Waals surface area contributed by atoms with Crippen molar-refractivity contribution < 1.29 is 5.11 Å². The van der Waals surface area contributed by atoms with Crippen LogP contribution in [-0.4, -0.2) is 10.7 Å². The van der Waals surface area contributed by atoms with Gasteiger partial charge in [-0.2, -0.15) is 5.26 Å². The van der Waals surface area contributed by atoms with E-state index in [4.69, 9.17) is 0 Å². The Morgan fingerprint density at radius 3 is 2.36 bits per heavy atom. The normalized spacial score (nSPS) is 25.0. The van der Waals surface area contributed by atoms with E-state index in [9.17, 15) is 10.4 Å². The number of nitriles is 1. The summed E-state index contributed by atoms with van der Waals surface area (Å²) in [6.07, 6.45) is 6.82. The lowest BCUT2D eigenvalue weighted by Gasteiger charge is -2.42. The summed E-state index contributed by atoms with van der Waals surface area (Å²) in [6, 6.07) is 2.39. The van der Waals surface area contributed by atoms with Gasteiger partial charge >= 0.3 is 0 Å². The van der Waals surface area contributed by atoms with Crippen molar-refractivity contribution in [3.8, 4) is 6.07 Å². The van der Waals surface area contributed by atoms with E-state index in [0.29, 0.717) is 0 Å². The maximum absolute atomic E-state index is 10.4. The van der Waals surface area contributed by atoms with Crippen molar-refractivity contribution in [3.05, 3.63) is 0 Å². The monoisotopic (exact) mass is 195 g/mol. The van der Waals surface area contributed by atoms with Gasteiger partial charge in [0, 0.05) is 0 Å². The number of rotatable bonds is 3. The predicted octanol–water partition coefficient (Wildman–Crippen LogP) is 3.01. The van der Waals surface area contributed by atoms with Gasteiger partial charge in [-0.25, -0.2) is 0 Å². The van der Waals surface area contributed by atoms with Gasteiger partial charge in [-0.05, 0) is 26.2 Å². The Labute approximate surface area is 86.9 Å². The van der Waals surface area contributed by atoms with E-state index >= 15 is 0 Å². The van der Waals surface area contributed by atoms with Crippen LogP contribution in [0.15, 0.2) is 0 Å². The molecule has 0 saturated heterocycles. The van der Waals surface area contributed by atoms with E-state index in [2.05, 4.69) is 13.0 Å². The van der Waals surface area contributed by atoms with Gasteiger partial charge in [-0.1, -0.05) is 32.6 Å². The molecule has 2 nitrogen and oxygen atoms in total. The summed E-state index contributed by atoms with van der Waals surface area (Å²) in [5.41, 5.74) is -1.27. The van der Waals surface area contributed by atoms with Gasteiger partial charge in [0.25, 0.3) is 0 Å². The molecule has 1 aliphatic rings. The van der Waals surface area contributed by atoms with Crippen molar-refractivity contribution in [2.45, 2.75) is 64.4 Å². The third kappa shape index (κ3) is 1.93. The summed E-state index contributed by atoms with van der Waals surface area (Å²) in [4.78, 5) is 0. The van der Waals surface area contributed by atoms with Crippen LogP contribution in [0.2, 0.25) is 0 Å². The van der Waals surface area contributed by atoms with E-state index in [1.165, 1.54) is 6.42 Å². The molecular weight excluding hydrogens is 174 g/mol. The first-order valence-electron chi connectivity index (χ1n) is 5.71. The topological polar surface area (TPSA) is 44.0 Å². The smallest absolute Gasteiger partial charge is 0.0857 e. The Bertz CT molecular complexity index is 221. The second-order valence-corrected chi connectivity index (χ2v) is 4.78. The van der Waals surface area contributed by atoms with Crippen LogP contribution in [0.25, 0.3) is 0 Å². The number of hydrogen-bond acceptors (Lipinski definition) is 2. The minimum absolute atomic E-state index is 0.471. The van der Waals surface area contributed by atoms with Gasteiger partial charge in [-0.15, -0.1) is 0 Å². The molecule has 0 spiro atoms. The molecule has 14 heavy (non-hydrogen) atoms. The minimum Gasteiger partial charge on any atom is -0.389 e. The molecule has 1 atom stereocenters. The van der Waals surface area contributed by atoms with Gasteiger partial charge in [0.15, 0.2) is 0 Å². The zero-order valence-corrected chi connectivity index (χ0v) is 9.34. The molecule has 1 fully saturated rings. The predicted molar refractivity (Wildman–Crippen MR) is 56.7 cm³/mol. The van der Waals surface area contributed by atoms with E-state index in [-0.39, 0.29) is 0 Å². The Morgan fingerprint density at radius 2 is 1.93 bits per heavy atom. The van der Waals surface area contributed by atoms with Gasteiger partial charge < -0.3 is 5.11 Å². The summed E-state index contributed by atoms with van der Waals surface area (Å²) in [7, 11) is 0. The van der Waals surface area contributed by atoms with Gasteiger partial charge in [0.1, 0.15) is 0 Å². The highest BCUT2D eigenvalue weighted by Gasteiger charge is 2.47. The number of aliphatic hydroxyl groups is 1. The lowest BCUT2D eigenvalue weighted by Crippen LogP contribution is -2.46. The van der Waals surface area contributed by atoms with Crippen molar-refractivity contribution in [1.29, 1.82) is 5.26 Å². The first kappa shape index (κ1) is 11.5. The molecule has 0 heterocycles. The molecule has 0 aliphatic heterocycles. The highest BCUT2D eigenvalue weighted by molar-refractivity contribution is 5.10. The Kier molecular flexibility index (Phi) is 3.55. The van der Waals surface area contributed by atoms with Crippen molar-refractivity contribution >= 4 is 0 Å². The average molecular weight is 195 g/mol. The van der Waals surface area contributed by atoms with Crippen molar-refractivity contribution in [2.75, 3.05) is 0 Å². The molecule has 80 valence electrons. The first-order valence-corrected chi connectivity index (χ1v) is 5.71. The second-order valence-electron chi connectivity index (χ2n) is 4.78. The molecule has 1 rings (SSSR count). The summed E-state index contributed by atoms with van der Waals surface area (Å²) in [5.74, 6) is 0. The van der Waals surface area contributed by atoms with Crippen LogP contribution in [0.5, 0.6) is 0 Å². The molecular formula is C12H21NO. The Balaban J connectivity index is 2.82. The molecule has 1 aliphatic carbocycles. The van der Waals surface area contributed by atoms with Gasteiger partial charge in [0.2, 0.25) is 0 Å². The molecule has 0 amide bonds. The van der Waals surface area contributed by atoms with Crippen LogP contribution in [0.3, 0.4) is 0 Å². The molecule has 1 saturated carbocycles. The molecule has 2 heteroatoms. The second kappa shape index (κ2) is 4.31. The van der Waals surface area contributed by atoms with Crippen molar-refractivity contribution in [1.82, 2.24) is 0 Å². The fraction of sp³-hybridized carbons (Fsp3) is 0.917. The largest absolute Gasteiger partial charge is 0.389 e. The summed E-state index contributed by atoms with van der Waals surface area (Å²) in [5, 5.41) is 19.7. The molecule has 1 N–H and O–H groups in total. The highest BCUT2D eigenvalue weighted by atomic mass is 16.3. The highest BCUT2D eigenvalue weighted by Crippen LogP contribution is 2.46. The van der Waals surface area contributed by atoms with Crippen LogP contribution >= 0.6 is 0 Å². The zero-order valence-electron chi connectivity index (χ0n) is 9.34. The van der Waals surface area contributed by atoms with E-state index < -0.39 is 11.0 Å². The fourth-order valence-corrected chi connectivity index (χ4v) is 2.65. The SMILES string of the molecule is CCCC(C)(O)C1(C#N)CCCCC1. The van der Waals surface area contributed by atoms with Crippen LogP contribution < -0.4 is 0 Å². The summed E-state index contributed by atoms with van der Waals surface area (Å²) < 4.78 is 0. The number of hydrogen-bond donors (Lipinski definition) is 1. The van der Waals surface area contributed by atoms with E-state index in [1.54, 1.807) is 0 Å². The maximum atomic E-state index is 10.4. The van der Waals surface area contributed by atoms with Crippen molar-refractivity contribution in [2.24, 2.45) is 5.41 Å². The fourth-order valence-electron chi connectivity index (χ4n) is 2.65. The average Bonchev–Trinajstić information content (AvgIpc) is 2.18. The first-order chi connectivity index (χ1) is 6.58. The van der Waals surface area contributed by atoms with Crippen LogP contribution in [-0.2, 0) is 0 Å². The quantitative estimate of drug-likeness (QED) is 0.752. The standard InChI is InChI=1S/C12H21NO/c1-3-7-11(2,14)12(10-13)8-5-4-6-9-12/h14H,3-9H2,1-2H3. The zero-order chi connectivity index (χ0) is 10.7. The van der Waals surface area contributed by atoms with Gasteiger partial charge in [0.05, 0.1) is 17.1 Å². The van der Waals surface area contributed by atoms with E-state index in [1.807, 2.05) is 6.92 Å². The summed E-state index contributed by atoms with van der Waals surface area (Å²) in [6.45, 7) is 3.90. The van der Waals surface area contributed by atoms with Crippen LogP contribution in [0.4, 0.5) is 0 Å². The third-order valence-corrected chi connectivity index (χ3v) is 3.69. The van der Waals surface area contributed by atoms with Crippen LogP contribution in [0, 0.1) is 16.7 Å². The lowest BCUT2D eigenvalue weighted by atomic mass is 9.63. The van der Waals surface area contributed by atoms with Crippen LogP contribution in [0.1, 0.15) is 58.8 Å².